The SMILES string of the molecule is CC(C)(C)[Si](C)(C)OC1C[C@H]2CC[C@@H](C1)C2=O. The number of carbonyl (C=O) groups excluding carboxylic acids is 1. The molecule has 98 valence electrons. The van der Waals surface area contributed by atoms with Crippen molar-refractivity contribution < 1.29 is 9.22 Å². The van der Waals surface area contributed by atoms with Crippen LogP contribution in [0.4, 0.5) is 0 Å². The molecule has 0 aromatic rings. The van der Waals surface area contributed by atoms with Gasteiger partial charge in [-0.3, -0.25) is 4.79 Å². The van der Waals surface area contributed by atoms with Crippen LogP contribution in [0.25, 0.3) is 0 Å². The van der Waals surface area contributed by atoms with Gasteiger partial charge in [0.15, 0.2) is 8.32 Å². The summed E-state index contributed by atoms with van der Waals surface area (Å²) in [5.74, 6) is 1.17. The van der Waals surface area contributed by atoms with Crippen molar-refractivity contribution in [2.24, 2.45) is 11.8 Å². The molecule has 2 saturated carbocycles. The molecule has 17 heavy (non-hydrogen) atoms. The second-order valence-electron chi connectivity index (χ2n) is 7.35. The minimum absolute atomic E-state index is 0.271. The molecule has 0 aromatic carbocycles. The smallest absolute Gasteiger partial charge is 0.192 e. The molecule has 0 heterocycles. The lowest BCUT2D eigenvalue weighted by Gasteiger charge is -2.41. The summed E-state index contributed by atoms with van der Waals surface area (Å²) in [6.07, 6.45) is 4.55. The molecule has 0 radical (unpaired) electrons. The van der Waals surface area contributed by atoms with Crippen LogP contribution in [-0.4, -0.2) is 20.2 Å². The summed E-state index contributed by atoms with van der Waals surface area (Å²) in [6, 6.07) is 0. The minimum atomic E-state index is -1.66. The average Bonchev–Trinajstić information content (AvgIpc) is 2.42. The van der Waals surface area contributed by atoms with E-state index in [4.69, 9.17) is 4.43 Å². The van der Waals surface area contributed by atoms with E-state index < -0.39 is 8.32 Å². The Kier molecular flexibility index (Phi) is 3.28. The fraction of sp³-hybridized carbons (Fsp3) is 0.929. The maximum absolute atomic E-state index is 11.9. The molecule has 2 aliphatic rings. The Labute approximate surface area is 106 Å². The first-order valence-electron chi connectivity index (χ1n) is 6.92. The summed E-state index contributed by atoms with van der Waals surface area (Å²) in [6.45, 7) is 11.5. The predicted molar refractivity (Wildman–Crippen MR) is 72.5 cm³/mol. The van der Waals surface area contributed by atoms with Crippen molar-refractivity contribution in [2.45, 2.75) is 70.7 Å². The van der Waals surface area contributed by atoms with Gasteiger partial charge in [-0.15, -0.1) is 0 Å². The zero-order valence-corrected chi connectivity index (χ0v) is 12.9. The van der Waals surface area contributed by atoms with Gasteiger partial charge < -0.3 is 4.43 Å². The second-order valence-corrected chi connectivity index (χ2v) is 12.1. The Morgan fingerprint density at radius 1 is 1.12 bits per heavy atom. The van der Waals surface area contributed by atoms with Crippen molar-refractivity contribution in [3.8, 4) is 0 Å². The van der Waals surface area contributed by atoms with Crippen LogP contribution < -0.4 is 0 Å². The van der Waals surface area contributed by atoms with E-state index >= 15 is 0 Å². The van der Waals surface area contributed by atoms with Crippen molar-refractivity contribution in [1.82, 2.24) is 0 Å². The van der Waals surface area contributed by atoms with Crippen LogP contribution >= 0.6 is 0 Å². The van der Waals surface area contributed by atoms with Gasteiger partial charge in [0, 0.05) is 17.9 Å². The van der Waals surface area contributed by atoms with Crippen molar-refractivity contribution in [2.75, 3.05) is 0 Å². The highest BCUT2D eigenvalue weighted by molar-refractivity contribution is 6.74. The van der Waals surface area contributed by atoms with E-state index in [1.54, 1.807) is 0 Å². The van der Waals surface area contributed by atoms with Gasteiger partial charge in [0.2, 0.25) is 0 Å². The Bertz CT molecular complexity index is 301. The van der Waals surface area contributed by atoms with E-state index in [-0.39, 0.29) is 5.04 Å². The fourth-order valence-electron chi connectivity index (χ4n) is 2.91. The van der Waals surface area contributed by atoms with Crippen LogP contribution in [0.2, 0.25) is 18.1 Å². The topological polar surface area (TPSA) is 26.3 Å². The van der Waals surface area contributed by atoms with Gasteiger partial charge in [0.1, 0.15) is 5.78 Å². The molecular formula is C14H26O2Si. The van der Waals surface area contributed by atoms with E-state index in [9.17, 15) is 4.79 Å². The van der Waals surface area contributed by atoms with E-state index in [1.807, 2.05) is 0 Å². The quantitative estimate of drug-likeness (QED) is 0.701. The summed E-state index contributed by atoms with van der Waals surface area (Å²) < 4.78 is 6.46. The first kappa shape index (κ1) is 13.3. The second kappa shape index (κ2) is 4.20. The molecule has 3 atom stereocenters. The monoisotopic (exact) mass is 254 g/mol. The number of ketones is 1. The third-order valence-electron chi connectivity index (χ3n) is 5.03. The summed E-state index contributed by atoms with van der Waals surface area (Å²) in [5, 5.41) is 0.271. The normalized spacial score (nSPS) is 34.2. The third-order valence-corrected chi connectivity index (χ3v) is 9.57. The Hall–Kier alpha value is -0.153. The number of hydrogen-bond acceptors (Lipinski definition) is 2. The molecule has 2 aliphatic carbocycles. The van der Waals surface area contributed by atoms with Gasteiger partial charge in [-0.1, -0.05) is 20.8 Å². The van der Waals surface area contributed by atoms with Gasteiger partial charge in [0.05, 0.1) is 0 Å². The van der Waals surface area contributed by atoms with Crippen LogP contribution in [0.5, 0.6) is 0 Å². The standard InChI is InChI=1S/C14H26O2Si/c1-14(2,3)17(4,5)16-12-8-10-6-7-11(9-12)13(10)15/h10-12H,6-9H2,1-5H3/t10-,11+,12?. The van der Waals surface area contributed by atoms with E-state index in [0.717, 1.165) is 25.7 Å². The summed E-state index contributed by atoms with van der Waals surface area (Å²) in [7, 11) is -1.66. The molecule has 2 nitrogen and oxygen atoms in total. The van der Waals surface area contributed by atoms with Crippen LogP contribution in [0, 0.1) is 11.8 Å². The molecule has 0 saturated heterocycles. The Balaban J connectivity index is 2.00. The van der Waals surface area contributed by atoms with E-state index in [2.05, 4.69) is 33.9 Å². The van der Waals surface area contributed by atoms with Gasteiger partial charge in [-0.25, -0.2) is 0 Å². The Morgan fingerprint density at radius 3 is 2.00 bits per heavy atom. The molecular weight excluding hydrogens is 228 g/mol. The summed E-state index contributed by atoms with van der Waals surface area (Å²) in [5.41, 5.74) is 0. The average molecular weight is 254 g/mol. The third kappa shape index (κ3) is 2.50. The number of fused-ring (bicyclic) bond motifs is 2. The maximum Gasteiger partial charge on any atom is 0.192 e. The van der Waals surface area contributed by atoms with Crippen LogP contribution in [0.3, 0.4) is 0 Å². The first-order valence-corrected chi connectivity index (χ1v) is 9.83. The first-order chi connectivity index (χ1) is 7.71. The highest BCUT2D eigenvalue weighted by Crippen LogP contribution is 2.44. The number of rotatable bonds is 2. The molecule has 0 aliphatic heterocycles. The zero-order chi connectivity index (χ0) is 12.8. The number of carbonyl (C=O) groups is 1. The molecule has 0 amide bonds. The molecule has 0 aromatic heterocycles. The number of Topliss-reactive ketones (excluding diaryl/α,β-unsaturated/α-hetero) is 1. The van der Waals surface area contributed by atoms with Crippen molar-refractivity contribution in [3.05, 3.63) is 0 Å². The Morgan fingerprint density at radius 2 is 1.59 bits per heavy atom. The van der Waals surface area contributed by atoms with Gasteiger partial charge in [-0.2, -0.15) is 0 Å². The van der Waals surface area contributed by atoms with Crippen LogP contribution in [0.15, 0.2) is 0 Å². The lowest BCUT2D eigenvalue weighted by molar-refractivity contribution is -0.128. The molecule has 0 spiro atoms. The fourth-order valence-corrected chi connectivity index (χ4v) is 4.29. The lowest BCUT2D eigenvalue weighted by atomic mass is 9.86. The van der Waals surface area contributed by atoms with Crippen molar-refractivity contribution in [3.63, 3.8) is 0 Å². The molecule has 2 rings (SSSR count). The summed E-state index contributed by atoms with van der Waals surface area (Å²) in [4.78, 5) is 11.9. The highest BCUT2D eigenvalue weighted by Gasteiger charge is 2.45. The number of hydrogen-bond donors (Lipinski definition) is 0. The largest absolute Gasteiger partial charge is 0.414 e. The van der Waals surface area contributed by atoms with E-state index in [0.29, 0.717) is 23.7 Å². The van der Waals surface area contributed by atoms with Crippen molar-refractivity contribution in [1.29, 1.82) is 0 Å². The minimum Gasteiger partial charge on any atom is -0.414 e. The van der Waals surface area contributed by atoms with Crippen LogP contribution in [0.1, 0.15) is 46.5 Å². The van der Waals surface area contributed by atoms with Gasteiger partial charge in [-0.05, 0) is 43.8 Å². The van der Waals surface area contributed by atoms with Gasteiger partial charge in [0.25, 0.3) is 0 Å². The highest BCUT2D eigenvalue weighted by atomic mass is 28.4. The van der Waals surface area contributed by atoms with Crippen LogP contribution in [-0.2, 0) is 9.22 Å². The molecule has 1 unspecified atom stereocenters. The van der Waals surface area contributed by atoms with Gasteiger partial charge >= 0.3 is 0 Å². The lowest BCUT2D eigenvalue weighted by Crippen LogP contribution is -2.46. The molecule has 0 N–H and O–H groups in total. The predicted octanol–water partition coefficient (Wildman–Crippen LogP) is 3.77. The summed E-state index contributed by atoms with van der Waals surface area (Å²) >= 11 is 0. The zero-order valence-electron chi connectivity index (χ0n) is 11.9. The maximum atomic E-state index is 11.9. The molecule has 3 heteroatoms. The molecule has 2 fully saturated rings. The van der Waals surface area contributed by atoms with Crippen molar-refractivity contribution >= 4 is 14.1 Å². The van der Waals surface area contributed by atoms with E-state index in [1.165, 1.54) is 0 Å². The molecule has 2 bridgehead atoms.